The number of aliphatic hydroxyl groups excluding tert-OH is 1. The minimum atomic E-state index is -0.573. The molecule has 1 rings (SSSR count). The first kappa shape index (κ1) is 13.7. The highest BCUT2D eigenvalue weighted by atomic mass is 16.3. The van der Waals surface area contributed by atoms with Crippen LogP contribution in [0.25, 0.3) is 0 Å². The molecule has 2 N–H and O–H groups in total. The fourth-order valence-corrected chi connectivity index (χ4v) is 1.42. The van der Waals surface area contributed by atoms with E-state index >= 15 is 0 Å². The lowest BCUT2D eigenvalue weighted by Gasteiger charge is -2.16. The van der Waals surface area contributed by atoms with Gasteiger partial charge in [-0.3, -0.25) is 4.79 Å². The van der Waals surface area contributed by atoms with Crippen molar-refractivity contribution in [1.82, 2.24) is 10.2 Å². The zero-order valence-electron chi connectivity index (χ0n) is 10.4. The van der Waals surface area contributed by atoms with Gasteiger partial charge in [0.15, 0.2) is 0 Å². The largest absolute Gasteiger partial charge is 0.387 e. The molecule has 0 bridgehead atoms. The molecule has 1 unspecified atom stereocenters. The summed E-state index contributed by atoms with van der Waals surface area (Å²) < 4.78 is 0. The molecular weight excluding hydrogens is 216 g/mol. The van der Waals surface area contributed by atoms with E-state index in [1.807, 2.05) is 37.3 Å². The smallest absolute Gasteiger partial charge is 0.236 e. The van der Waals surface area contributed by atoms with Crippen LogP contribution in [-0.4, -0.2) is 42.6 Å². The van der Waals surface area contributed by atoms with Crippen molar-refractivity contribution in [3.63, 3.8) is 0 Å². The number of benzene rings is 1. The maximum absolute atomic E-state index is 11.5. The van der Waals surface area contributed by atoms with Crippen molar-refractivity contribution in [1.29, 1.82) is 0 Å². The van der Waals surface area contributed by atoms with Crippen molar-refractivity contribution < 1.29 is 9.90 Å². The Balaban J connectivity index is 2.30. The lowest BCUT2D eigenvalue weighted by Crippen LogP contribution is -2.36. The monoisotopic (exact) mass is 236 g/mol. The normalized spacial score (nSPS) is 12.2. The van der Waals surface area contributed by atoms with Gasteiger partial charge < -0.3 is 15.3 Å². The van der Waals surface area contributed by atoms with Crippen LogP contribution in [0.5, 0.6) is 0 Å². The summed E-state index contributed by atoms with van der Waals surface area (Å²) in [6.07, 6.45) is -0.573. The highest BCUT2D eigenvalue weighted by molar-refractivity contribution is 5.77. The number of nitrogens with one attached hydrogen (secondary N) is 1. The molecular formula is C13H20N2O2. The number of nitrogens with zero attached hydrogens (tertiary/aromatic N) is 1. The van der Waals surface area contributed by atoms with Gasteiger partial charge in [0.25, 0.3) is 0 Å². The molecule has 0 aromatic heterocycles. The topological polar surface area (TPSA) is 52.6 Å². The second-order valence-electron chi connectivity index (χ2n) is 3.97. The van der Waals surface area contributed by atoms with Gasteiger partial charge in [-0.2, -0.15) is 0 Å². The molecule has 0 saturated carbocycles. The summed E-state index contributed by atoms with van der Waals surface area (Å²) in [6.45, 7) is 3.26. The summed E-state index contributed by atoms with van der Waals surface area (Å²) in [4.78, 5) is 13.1. The van der Waals surface area contributed by atoms with Gasteiger partial charge in [0.1, 0.15) is 0 Å². The predicted molar refractivity (Wildman–Crippen MR) is 67.6 cm³/mol. The van der Waals surface area contributed by atoms with Gasteiger partial charge in [-0.05, 0) is 12.5 Å². The number of carbonyl (C=O) groups excluding carboxylic acids is 1. The van der Waals surface area contributed by atoms with E-state index in [2.05, 4.69) is 5.32 Å². The summed E-state index contributed by atoms with van der Waals surface area (Å²) >= 11 is 0. The highest BCUT2D eigenvalue weighted by Crippen LogP contribution is 2.10. The molecule has 0 spiro atoms. The Labute approximate surface area is 102 Å². The minimum Gasteiger partial charge on any atom is -0.387 e. The number of amides is 1. The molecule has 4 heteroatoms. The molecule has 1 aromatic rings. The van der Waals surface area contributed by atoms with E-state index in [1.54, 1.807) is 11.9 Å². The van der Waals surface area contributed by atoms with Crippen molar-refractivity contribution in [2.75, 3.05) is 26.7 Å². The predicted octanol–water partition coefficient (Wildman–Crippen LogP) is 0.788. The summed E-state index contributed by atoms with van der Waals surface area (Å²) in [6, 6.07) is 9.41. The third kappa shape index (κ3) is 4.54. The van der Waals surface area contributed by atoms with Crippen molar-refractivity contribution in [2.45, 2.75) is 13.0 Å². The molecule has 0 aliphatic rings. The molecule has 0 heterocycles. The third-order valence-electron chi connectivity index (χ3n) is 2.70. The van der Waals surface area contributed by atoms with Gasteiger partial charge in [0.05, 0.1) is 12.6 Å². The van der Waals surface area contributed by atoms with Crippen LogP contribution in [0.4, 0.5) is 0 Å². The Morgan fingerprint density at radius 3 is 2.65 bits per heavy atom. The minimum absolute atomic E-state index is 0.0350. The molecule has 0 fully saturated rings. The first-order valence-electron chi connectivity index (χ1n) is 5.82. The number of aliphatic hydroxyl groups is 1. The molecule has 4 nitrogen and oxygen atoms in total. The van der Waals surface area contributed by atoms with E-state index in [9.17, 15) is 9.90 Å². The summed E-state index contributed by atoms with van der Waals surface area (Å²) in [5.41, 5.74) is 0.858. The Hall–Kier alpha value is -1.39. The highest BCUT2D eigenvalue weighted by Gasteiger charge is 2.09. The standard InChI is InChI=1S/C13H20N2O2/c1-3-15(2)13(17)10-14-9-12(16)11-7-5-4-6-8-11/h4-8,12,14,16H,3,9-10H2,1-2H3. The Bertz CT molecular complexity index is 341. The van der Waals surface area contributed by atoms with Gasteiger partial charge in [0.2, 0.25) is 5.91 Å². The Morgan fingerprint density at radius 2 is 2.06 bits per heavy atom. The average Bonchev–Trinajstić information content (AvgIpc) is 2.38. The zero-order valence-corrected chi connectivity index (χ0v) is 10.4. The van der Waals surface area contributed by atoms with Crippen molar-refractivity contribution in [3.05, 3.63) is 35.9 Å². The molecule has 0 aliphatic carbocycles. The summed E-state index contributed by atoms with van der Waals surface area (Å²) in [7, 11) is 1.76. The van der Waals surface area contributed by atoms with Crippen LogP contribution in [-0.2, 0) is 4.79 Å². The van der Waals surface area contributed by atoms with Crippen LogP contribution in [0.2, 0.25) is 0 Å². The molecule has 0 saturated heterocycles. The fourth-order valence-electron chi connectivity index (χ4n) is 1.42. The first-order valence-corrected chi connectivity index (χ1v) is 5.82. The van der Waals surface area contributed by atoms with Crippen LogP contribution in [0.3, 0.4) is 0 Å². The fraction of sp³-hybridized carbons (Fsp3) is 0.462. The molecule has 0 radical (unpaired) electrons. The first-order chi connectivity index (χ1) is 8.15. The van der Waals surface area contributed by atoms with Crippen molar-refractivity contribution in [3.8, 4) is 0 Å². The third-order valence-corrected chi connectivity index (χ3v) is 2.70. The van der Waals surface area contributed by atoms with Crippen LogP contribution in [0.1, 0.15) is 18.6 Å². The van der Waals surface area contributed by atoms with Crippen LogP contribution < -0.4 is 5.32 Å². The number of rotatable bonds is 6. The number of hydrogen-bond donors (Lipinski definition) is 2. The van der Waals surface area contributed by atoms with Gasteiger partial charge >= 0.3 is 0 Å². The molecule has 0 aliphatic heterocycles. The van der Waals surface area contributed by atoms with Gasteiger partial charge in [-0.1, -0.05) is 30.3 Å². The van der Waals surface area contributed by atoms with E-state index in [4.69, 9.17) is 0 Å². The van der Waals surface area contributed by atoms with E-state index in [0.29, 0.717) is 13.1 Å². The lowest BCUT2D eigenvalue weighted by molar-refractivity contribution is -0.128. The number of hydrogen-bond acceptors (Lipinski definition) is 3. The molecule has 1 aromatic carbocycles. The second kappa shape index (κ2) is 7.04. The summed E-state index contributed by atoms with van der Waals surface area (Å²) in [5.74, 6) is 0.0350. The molecule has 1 amide bonds. The van der Waals surface area contributed by atoms with Gasteiger partial charge in [-0.15, -0.1) is 0 Å². The van der Waals surface area contributed by atoms with Crippen LogP contribution in [0, 0.1) is 0 Å². The quantitative estimate of drug-likeness (QED) is 0.767. The average molecular weight is 236 g/mol. The van der Waals surface area contributed by atoms with E-state index in [1.165, 1.54) is 0 Å². The van der Waals surface area contributed by atoms with E-state index in [0.717, 1.165) is 5.56 Å². The zero-order chi connectivity index (χ0) is 12.7. The maximum atomic E-state index is 11.5. The number of likely N-dealkylation sites (N-methyl/N-ethyl adjacent to an activating group) is 1. The molecule has 94 valence electrons. The van der Waals surface area contributed by atoms with Gasteiger partial charge in [-0.25, -0.2) is 0 Å². The lowest BCUT2D eigenvalue weighted by atomic mass is 10.1. The van der Waals surface area contributed by atoms with Crippen LogP contribution >= 0.6 is 0 Å². The molecule has 1 atom stereocenters. The van der Waals surface area contributed by atoms with Gasteiger partial charge in [0, 0.05) is 20.1 Å². The van der Waals surface area contributed by atoms with Crippen molar-refractivity contribution >= 4 is 5.91 Å². The van der Waals surface area contributed by atoms with E-state index < -0.39 is 6.10 Å². The van der Waals surface area contributed by atoms with Crippen LogP contribution in [0.15, 0.2) is 30.3 Å². The Kier molecular flexibility index (Phi) is 5.66. The van der Waals surface area contributed by atoms with Crippen molar-refractivity contribution in [2.24, 2.45) is 0 Å². The number of carbonyl (C=O) groups is 1. The maximum Gasteiger partial charge on any atom is 0.236 e. The van der Waals surface area contributed by atoms with E-state index in [-0.39, 0.29) is 12.5 Å². The molecule has 17 heavy (non-hydrogen) atoms. The second-order valence-corrected chi connectivity index (χ2v) is 3.97. The SMILES string of the molecule is CCN(C)C(=O)CNCC(O)c1ccccc1. The Morgan fingerprint density at radius 1 is 1.41 bits per heavy atom. The summed E-state index contributed by atoms with van der Waals surface area (Å²) in [5, 5.41) is 12.8.